The Morgan fingerprint density at radius 2 is 1.76 bits per heavy atom. The lowest BCUT2D eigenvalue weighted by Gasteiger charge is -2.18. The van der Waals surface area contributed by atoms with Gasteiger partial charge in [-0.1, -0.05) is 31.5 Å². The third-order valence-corrected chi connectivity index (χ3v) is 7.65. The highest BCUT2D eigenvalue weighted by Gasteiger charge is 2.29. The van der Waals surface area contributed by atoms with Gasteiger partial charge >= 0.3 is 12.3 Å². The Kier molecular flexibility index (Phi) is 8.84. The Labute approximate surface area is 243 Å². The summed E-state index contributed by atoms with van der Waals surface area (Å²) in [6, 6.07) is 9.29. The van der Waals surface area contributed by atoms with Gasteiger partial charge in [0.2, 0.25) is 5.95 Å². The van der Waals surface area contributed by atoms with Crippen LogP contribution in [0.15, 0.2) is 48.8 Å². The summed E-state index contributed by atoms with van der Waals surface area (Å²) in [6.07, 6.45) is -1.61. The van der Waals surface area contributed by atoms with Gasteiger partial charge in [-0.25, -0.2) is 9.78 Å². The fourth-order valence-corrected chi connectivity index (χ4v) is 4.65. The fourth-order valence-electron chi connectivity index (χ4n) is 3.89. The predicted molar refractivity (Wildman–Crippen MR) is 159 cm³/mol. The van der Waals surface area contributed by atoms with Crippen molar-refractivity contribution in [2.45, 2.75) is 65.0 Å². The van der Waals surface area contributed by atoms with Crippen LogP contribution in [0.2, 0.25) is 25.7 Å². The number of amides is 1. The molecule has 0 saturated heterocycles. The molecule has 3 heterocycles. The second kappa shape index (κ2) is 12.0. The SMILES string of the molecule is CC(C)(C)OC(=O)Nc1nc2c(-c3cc(C#Cc4ccc(C(F)(F)F)cc4)cn3COCC[Si](C)(C)C)nccc2[nH]1. The molecule has 4 rings (SSSR count). The molecule has 1 aromatic carbocycles. The Bertz CT molecular complexity index is 1620. The number of aromatic nitrogens is 4. The minimum atomic E-state index is -4.41. The number of imidazole rings is 1. The number of anilines is 1. The summed E-state index contributed by atoms with van der Waals surface area (Å²) >= 11 is 0. The standard InChI is InChI=1S/C30H34F3N5O3Si/c1-29(2,3)41-28(39)37-27-35-23-13-14-34-26(25(23)36-27)24-17-21(18-38(24)19-40-15-16-42(4,5)6)8-7-20-9-11-22(12-10-20)30(31,32)33/h9-14,17-18H,15-16,19H2,1-6H3,(H2,35,36,37,39). The smallest absolute Gasteiger partial charge is 0.416 e. The second-order valence-electron chi connectivity index (χ2n) is 12.0. The van der Waals surface area contributed by atoms with Crippen molar-refractivity contribution in [1.29, 1.82) is 0 Å². The zero-order valence-electron chi connectivity index (χ0n) is 24.4. The average Bonchev–Trinajstić information content (AvgIpc) is 3.46. The van der Waals surface area contributed by atoms with Crippen LogP contribution in [0.3, 0.4) is 0 Å². The fraction of sp³-hybridized carbons (Fsp3) is 0.367. The zero-order chi connectivity index (χ0) is 30.7. The van der Waals surface area contributed by atoms with Gasteiger partial charge in [0.1, 0.15) is 23.5 Å². The van der Waals surface area contributed by atoms with Gasteiger partial charge in [-0.05, 0) is 63.2 Å². The molecule has 222 valence electrons. The number of fused-ring (bicyclic) bond motifs is 1. The van der Waals surface area contributed by atoms with Crippen molar-refractivity contribution in [3.63, 3.8) is 0 Å². The number of nitrogens with one attached hydrogen (secondary N) is 2. The normalized spacial score (nSPS) is 12.2. The highest BCUT2D eigenvalue weighted by Crippen LogP contribution is 2.30. The van der Waals surface area contributed by atoms with E-state index < -0.39 is 31.5 Å². The topological polar surface area (TPSA) is 94.1 Å². The highest BCUT2D eigenvalue weighted by atomic mass is 28.3. The van der Waals surface area contributed by atoms with Gasteiger partial charge in [-0.15, -0.1) is 0 Å². The molecule has 42 heavy (non-hydrogen) atoms. The minimum Gasteiger partial charge on any atom is -0.444 e. The van der Waals surface area contributed by atoms with Gasteiger partial charge in [0, 0.05) is 38.2 Å². The summed E-state index contributed by atoms with van der Waals surface area (Å²) in [7, 11) is -1.29. The number of hydrogen-bond donors (Lipinski definition) is 2. The first-order valence-electron chi connectivity index (χ1n) is 13.4. The van der Waals surface area contributed by atoms with E-state index in [1.54, 1.807) is 33.0 Å². The molecule has 12 heteroatoms. The maximum atomic E-state index is 12.9. The van der Waals surface area contributed by atoms with Crippen LogP contribution in [0.1, 0.15) is 37.5 Å². The molecule has 1 amide bonds. The molecule has 0 unspecified atom stereocenters. The van der Waals surface area contributed by atoms with E-state index in [0.29, 0.717) is 40.2 Å². The quantitative estimate of drug-likeness (QED) is 0.131. The maximum absolute atomic E-state index is 12.9. The number of nitrogens with zero attached hydrogens (tertiary/aromatic N) is 3. The average molecular weight is 598 g/mol. The first-order valence-corrected chi connectivity index (χ1v) is 17.1. The number of carbonyl (C=O) groups excluding carboxylic acids is 1. The van der Waals surface area contributed by atoms with E-state index in [0.717, 1.165) is 18.2 Å². The number of halogens is 3. The number of rotatable bonds is 7. The largest absolute Gasteiger partial charge is 0.444 e. The molecule has 2 N–H and O–H groups in total. The van der Waals surface area contributed by atoms with Crippen molar-refractivity contribution < 1.29 is 27.4 Å². The number of carbonyl (C=O) groups is 1. The van der Waals surface area contributed by atoms with Crippen molar-refractivity contribution in [2.24, 2.45) is 0 Å². The number of alkyl halides is 3. The predicted octanol–water partition coefficient (Wildman–Crippen LogP) is 7.50. The number of hydrogen-bond acceptors (Lipinski definition) is 5. The van der Waals surface area contributed by atoms with Gasteiger partial charge in [0.05, 0.1) is 16.8 Å². The second-order valence-corrected chi connectivity index (χ2v) is 17.6. The summed E-state index contributed by atoms with van der Waals surface area (Å²) in [5.74, 6) is 6.17. The summed E-state index contributed by atoms with van der Waals surface area (Å²) in [5, 5.41) is 2.62. The van der Waals surface area contributed by atoms with Crippen molar-refractivity contribution in [1.82, 2.24) is 19.5 Å². The van der Waals surface area contributed by atoms with Crippen LogP contribution in [-0.4, -0.2) is 45.9 Å². The lowest BCUT2D eigenvalue weighted by atomic mass is 10.1. The lowest BCUT2D eigenvalue weighted by molar-refractivity contribution is -0.137. The lowest BCUT2D eigenvalue weighted by Crippen LogP contribution is -2.27. The van der Waals surface area contributed by atoms with E-state index in [1.165, 1.54) is 12.1 Å². The number of pyridine rings is 1. The van der Waals surface area contributed by atoms with E-state index >= 15 is 0 Å². The van der Waals surface area contributed by atoms with Crippen LogP contribution in [0.25, 0.3) is 22.4 Å². The van der Waals surface area contributed by atoms with Crippen LogP contribution in [-0.2, 0) is 22.4 Å². The first-order chi connectivity index (χ1) is 19.6. The molecule has 0 aliphatic heterocycles. The van der Waals surface area contributed by atoms with Crippen molar-refractivity contribution in [2.75, 3.05) is 11.9 Å². The van der Waals surface area contributed by atoms with E-state index in [-0.39, 0.29) is 12.7 Å². The van der Waals surface area contributed by atoms with Gasteiger partial charge in [-0.3, -0.25) is 10.3 Å². The third kappa shape index (κ3) is 8.47. The van der Waals surface area contributed by atoms with E-state index in [4.69, 9.17) is 9.47 Å². The monoisotopic (exact) mass is 597 g/mol. The van der Waals surface area contributed by atoms with Crippen molar-refractivity contribution in [3.8, 4) is 23.2 Å². The van der Waals surface area contributed by atoms with Crippen LogP contribution in [0, 0.1) is 11.8 Å². The van der Waals surface area contributed by atoms with Gasteiger partial charge in [0.15, 0.2) is 0 Å². The van der Waals surface area contributed by atoms with Crippen molar-refractivity contribution >= 4 is 31.1 Å². The van der Waals surface area contributed by atoms with Gasteiger partial charge in [-0.2, -0.15) is 13.2 Å². The van der Waals surface area contributed by atoms with Crippen LogP contribution in [0.5, 0.6) is 0 Å². The number of benzene rings is 1. The molecule has 0 saturated carbocycles. The minimum absolute atomic E-state index is 0.209. The molecule has 0 fully saturated rings. The van der Waals surface area contributed by atoms with Crippen LogP contribution >= 0.6 is 0 Å². The molecular formula is C30H34F3N5O3Si. The van der Waals surface area contributed by atoms with Gasteiger partial charge < -0.3 is 19.0 Å². The zero-order valence-corrected chi connectivity index (χ0v) is 25.4. The van der Waals surface area contributed by atoms with E-state index in [2.05, 4.69) is 51.8 Å². The summed E-state index contributed by atoms with van der Waals surface area (Å²) in [5.41, 5.74) is 2.07. The summed E-state index contributed by atoms with van der Waals surface area (Å²) in [4.78, 5) is 24.5. The third-order valence-electron chi connectivity index (χ3n) is 5.95. The molecule has 0 spiro atoms. The summed E-state index contributed by atoms with van der Waals surface area (Å²) < 4.78 is 52.0. The maximum Gasteiger partial charge on any atom is 0.416 e. The molecule has 4 aromatic rings. The number of H-pyrrole nitrogens is 1. The summed E-state index contributed by atoms with van der Waals surface area (Å²) in [6.45, 7) is 13.0. The molecular weight excluding hydrogens is 563 g/mol. The van der Waals surface area contributed by atoms with Gasteiger partial charge in [0.25, 0.3) is 0 Å². The van der Waals surface area contributed by atoms with Crippen LogP contribution < -0.4 is 5.32 Å². The molecule has 0 aliphatic rings. The Balaban J connectivity index is 1.66. The molecule has 0 radical (unpaired) electrons. The Morgan fingerprint density at radius 3 is 2.40 bits per heavy atom. The highest BCUT2D eigenvalue weighted by molar-refractivity contribution is 6.76. The molecule has 3 aromatic heterocycles. The first kappa shape index (κ1) is 30.9. The molecule has 0 aliphatic carbocycles. The molecule has 8 nitrogen and oxygen atoms in total. The number of aromatic amines is 1. The van der Waals surface area contributed by atoms with Crippen molar-refractivity contribution in [3.05, 3.63) is 65.5 Å². The Hall–Kier alpha value is -4.08. The Morgan fingerprint density at radius 1 is 1.07 bits per heavy atom. The van der Waals surface area contributed by atoms with E-state index in [9.17, 15) is 18.0 Å². The van der Waals surface area contributed by atoms with Crippen LogP contribution in [0.4, 0.5) is 23.9 Å². The number of ether oxygens (including phenoxy) is 2. The molecule has 0 atom stereocenters. The molecule has 0 bridgehead atoms. The van der Waals surface area contributed by atoms with E-state index in [1.807, 2.05) is 16.8 Å².